The standard InChI is InChI=1S/C13H29N3O2/c1-11(17)7-10-16(4)9-6-5-8-13(2,3)12(14)15-18/h11,17-18H,5-10H2,1-4H3,(H2,14,15). The summed E-state index contributed by atoms with van der Waals surface area (Å²) in [6.45, 7) is 7.71. The van der Waals surface area contributed by atoms with Crippen molar-refractivity contribution in [3.63, 3.8) is 0 Å². The molecule has 4 N–H and O–H groups in total. The molecule has 0 bridgehead atoms. The van der Waals surface area contributed by atoms with E-state index >= 15 is 0 Å². The van der Waals surface area contributed by atoms with E-state index in [4.69, 9.17) is 10.9 Å². The van der Waals surface area contributed by atoms with Crippen molar-refractivity contribution >= 4 is 5.84 Å². The predicted molar refractivity (Wildman–Crippen MR) is 74.8 cm³/mol. The monoisotopic (exact) mass is 259 g/mol. The summed E-state index contributed by atoms with van der Waals surface area (Å²) in [6, 6.07) is 0. The summed E-state index contributed by atoms with van der Waals surface area (Å²) in [5.41, 5.74) is 5.39. The summed E-state index contributed by atoms with van der Waals surface area (Å²) >= 11 is 0. The Morgan fingerprint density at radius 3 is 2.44 bits per heavy atom. The third kappa shape index (κ3) is 7.50. The van der Waals surface area contributed by atoms with Gasteiger partial charge in [-0.3, -0.25) is 0 Å². The first-order valence-electron chi connectivity index (χ1n) is 6.64. The summed E-state index contributed by atoms with van der Waals surface area (Å²) in [5.74, 6) is 0.296. The lowest BCUT2D eigenvalue weighted by Crippen LogP contribution is -2.32. The zero-order valence-corrected chi connectivity index (χ0v) is 12.2. The van der Waals surface area contributed by atoms with Gasteiger partial charge in [0.25, 0.3) is 0 Å². The maximum absolute atomic E-state index is 9.19. The second kappa shape index (κ2) is 8.32. The van der Waals surface area contributed by atoms with Crippen molar-refractivity contribution < 1.29 is 10.3 Å². The minimum Gasteiger partial charge on any atom is -0.409 e. The van der Waals surface area contributed by atoms with Crippen molar-refractivity contribution in [3.05, 3.63) is 0 Å². The number of unbranched alkanes of at least 4 members (excludes halogenated alkanes) is 1. The average Bonchev–Trinajstić information content (AvgIpc) is 2.30. The molecule has 0 radical (unpaired) electrons. The minimum absolute atomic E-state index is 0.230. The van der Waals surface area contributed by atoms with Gasteiger partial charge in [0, 0.05) is 12.0 Å². The zero-order valence-electron chi connectivity index (χ0n) is 12.2. The van der Waals surface area contributed by atoms with Crippen LogP contribution in [0.1, 0.15) is 46.5 Å². The molecular formula is C13H29N3O2. The molecule has 108 valence electrons. The first-order valence-corrected chi connectivity index (χ1v) is 6.64. The molecule has 0 aromatic heterocycles. The Bertz CT molecular complexity index is 253. The molecule has 0 spiro atoms. The predicted octanol–water partition coefficient (Wildman–Crippen LogP) is 1.63. The van der Waals surface area contributed by atoms with E-state index in [0.717, 1.165) is 38.8 Å². The van der Waals surface area contributed by atoms with Crippen LogP contribution in [0, 0.1) is 5.41 Å². The number of nitrogens with zero attached hydrogens (tertiary/aromatic N) is 2. The van der Waals surface area contributed by atoms with E-state index in [1.54, 1.807) is 0 Å². The van der Waals surface area contributed by atoms with Gasteiger partial charge in [0.1, 0.15) is 5.84 Å². The first kappa shape index (κ1) is 17.2. The van der Waals surface area contributed by atoms with E-state index in [2.05, 4.69) is 17.1 Å². The van der Waals surface area contributed by atoms with Crippen LogP contribution in [0.3, 0.4) is 0 Å². The molecule has 0 fully saturated rings. The summed E-state index contributed by atoms with van der Waals surface area (Å²) in [4.78, 5) is 2.23. The number of aliphatic hydroxyl groups is 1. The SMILES string of the molecule is CC(O)CCN(C)CCCCC(C)(C)C(N)=NO. The number of nitrogens with two attached hydrogens (primary N) is 1. The van der Waals surface area contributed by atoms with Gasteiger partial charge in [-0.25, -0.2) is 0 Å². The number of aliphatic hydroxyl groups excluding tert-OH is 1. The molecule has 1 atom stereocenters. The highest BCUT2D eigenvalue weighted by molar-refractivity contribution is 5.85. The van der Waals surface area contributed by atoms with Gasteiger partial charge in [-0.2, -0.15) is 0 Å². The number of hydrogen-bond donors (Lipinski definition) is 3. The molecule has 0 heterocycles. The molecule has 0 aliphatic rings. The van der Waals surface area contributed by atoms with Crippen molar-refractivity contribution in [2.24, 2.45) is 16.3 Å². The Morgan fingerprint density at radius 2 is 1.94 bits per heavy atom. The number of rotatable bonds is 9. The van der Waals surface area contributed by atoms with Gasteiger partial charge in [0.15, 0.2) is 0 Å². The van der Waals surface area contributed by atoms with E-state index in [-0.39, 0.29) is 11.5 Å². The van der Waals surface area contributed by atoms with E-state index in [9.17, 15) is 5.11 Å². The van der Waals surface area contributed by atoms with Gasteiger partial charge in [0.2, 0.25) is 0 Å². The van der Waals surface area contributed by atoms with Gasteiger partial charge >= 0.3 is 0 Å². The van der Waals surface area contributed by atoms with E-state index < -0.39 is 0 Å². The quantitative estimate of drug-likeness (QED) is 0.193. The highest BCUT2D eigenvalue weighted by atomic mass is 16.4. The van der Waals surface area contributed by atoms with E-state index in [1.807, 2.05) is 20.8 Å². The van der Waals surface area contributed by atoms with Gasteiger partial charge in [-0.05, 0) is 39.8 Å². The second-order valence-electron chi connectivity index (χ2n) is 5.77. The Kier molecular flexibility index (Phi) is 7.95. The van der Waals surface area contributed by atoms with Crippen LogP contribution in [-0.4, -0.2) is 47.3 Å². The zero-order chi connectivity index (χ0) is 14.2. The number of oxime groups is 1. The van der Waals surface area contributed by atoms with Crippen LogP contribution >= 0.6 is 0 Å². The van der Waals surface area contributed by atoms with Gasteiger partial charge in [0.05, 0.1) is 6.10 Å². The number of hydrogen-bond acceptors (Lipinski definition) is 4. The van der Waals surface area contributed by atoms with Crippen LogP contribution in [0.15, 0.2) is 5.16 Å². The Hall–Kier alpha value is -0.810. The molecule has 0 rings (SSSR count). The fourth-order valence-corrected chi connectivity index (χ4v) is 1.73. The Morgan fingerprint density at radius 1 is 1.33 bits per heavy atom. The Balaban J connectivity index is 3.73. The molecule has 0 aliphatic heterocycles. The van der Waals surface area contributed by atoms with Crippen molar-refractivity contribution in [2.75, 3.05) is 20.1 Å². The highest BCUT2D eigenvalue weighted by Crippen LogP contribution is 2.23. The molecule has 18 heavy (non-hydrogen) atoms. The highest BCUT2D eigenvalue weighted by Gasteiger charge is 2.22. The Labute approximate surface area is 111 Å². The molecule has 0 saturated carbocycles. The molecule has 0 aromatic carbocycles. The van der Waals surface area contributed by atoms with Gasteiger partial charge in [-0.15, -0.1) is 0 Å². The van der Waals surface area contributed by atoms with Crippen LogP contribution < -0.4 is 5.73 Å². The van der Waals surface area contributed by atoms with Gasteiger partial charge in [-0.1, -0.05) is 25.4 Å². The lowest BCUT2D eigenvalue weighted by Gasteiger charge is -2.23. The van der Waals surface area contributed by atoms with Crippen molar-refractivity contribution in [1.82, 2.24) is 4.90 Å². The normalized spacial score (nSPS) is 15.1. The van der Waals surface area contributed by atoms with Crippen LogP contribution in [0.5, 0.6) is 0 Å². The van der Waals surface area contributed by atoms with Crippen molar-refractivity contribution in [2.45, 2.75) is 52.6 Å². The molecule has 5 nitrogen and oxygen atoms in total. The lowest BCUT2D eigenvalue weighted by atomic mass is 9.86. The maximum Gasteiger partial charge on any atom is 0.144 e. The molecule has 5 heteroatoms. The molecular weight excluding hydrogens is 230 g/mol. The second-order valence-corrected chi connectivity index (χ2v) is 5.77. The van der Waals surface area contributed by atoms with Crippen molar-refractivity contribution in [1.29, 1.82) is 0 Å². The maximum atomic E-state index is 9.19. The summed E-state index contributed by atoms with van der Waals surface area (Å²) in [7, 11) is 2.07. The molecule has 1 unspecified atom stereocenters. The fourth-order valence-electron chi connectivity index (χ4n) is 1.73. The molecule has 0 aromatic rings. The first-order chi connectivity index (χ1) is 8.29. The summed E-state index contributed by atoms with van der Waals surface area (Å²) in [5, 5.41) is 20.9. The van der Waals surface area contributed by atoms with Crippen LogP contribution in [0.25, 0.3) is 0 Å². The third-order valence-corrected chi connectivity index (χ3v) is 3.32. The largest absolute Gasteiger partial charge is 0.409 e. The van der Waals surface area contributed by atoms with E-state index in [1.165, 1.54) is 0 Å². The van der Waals surface area contributed by atoms with E-state index in [0.29, 0.717) is 5.84 Å². The molecule has 0 saturated heterocycles. The van der Waals surface area contributed by atoms with Gasteiger partial charge < -0.3 is 20.9 Å². The van der Waals surface area contributed by atoms with Crippen LogP contribution in [-0.2, 0) is 0 Å². The summed E-state index contributed by atoms with van der Waals surface area (Å²) < 4.78 is 0. The fraction of sp³-hybridized carbons (Fsp3) is 0.923. The topological polar surface area (TPSA) is 82.1 Å². The smallest absolute Gasteiger partial charge is 0.144 e. The van der Waals surface area contributed by atoms with Crippen LogP contribution in [0.2, 0.25) is 0 Å². The van der Waals surface area contributed by atoms with Crippen molar-refractivity contribution in [3.8, 4) is 0 Å². The third-order valence-electron chi connectivity index (χ3n) is 3.32. The molecule has 0 aliphatic carbocycles. The van der Waals surface area contributed by atoms with Crippen LogP contribution in [0.4, 0.5) is 0 Å². The summed E-state index contributed by atoms with van der Waals surface area (Å²) in [6.07, 6.45) is 3.62. The lowest BCUT2D eigenvalue weighted by molar-refractivity contribution is 0.163. The minimum atomic E-state index is -0.243. The molecule has 0 amide bonds. The average molecular weight is 259 g/mol. The number of amidine groups is 1.